The smallest absolute Gasteiger partial charge is 0.163 e. The average molecular weight is 310 g/mol. The van der Waals surface area contributed by atoms with Gasteiger partial charge in [0.25, 0.3) is 0 Å². The molecule has 0 spiro atoms. The fourth-order valence-corrected chi connectivity index (χ4v) is 2.15. The molecular weight excluding hydrogens is 292 g/mol. The lowest BCUT2D eigenvalue weighted by Gasteiger charge is -1.98. The quantitative estimate of drug-likeness (QED) is 0.383. The van der Waals surface area contributed by atoms with Gasteiger partial charge in [-0.2, -0.15) is 5.26 Å². The Morgan fingerprint density at radius 1 is 0.833 bits per heavy atom. The summed E-state index contributed by atoms with van der Waals surface area (Å²) in [5.74, 6) is 0. The highest BCUT2D eigenvalue weighted by molar-refractivity contribution is 5.71. The predicted molar refractivity (Wildman–Crippen MR) is 101 cm³/mol. The molecule has 2 nitrogen and oxygen atoms in total. The van der Waals surface area contributed by atoms with E-state index in [-0.39, 0.29) is 0 Å². The molecule has 116 valence electrons. The molecule has 0 aliphatic heterocycles. The van der Waals surface area contributed by atoms with Crippen LogP contribution in [0, 0.1) is 17.9 Å². The van der Waals surface area contributed by atoms with E-state index in [4.69, 9.17) is 11.8 Å². The minimum absolute atomic E-state index is 0.680. The summed E-state index contributed by atoms with van der Waals surface area (Å²) >= 11 is 0. The fraction of sp³-hybridized carbons (Fsp3) is 0.0909. The minimum atomic E-state index is 0.680. The van der Waals surface area contributed by atoms with E-state index in [1.54, 1.807) is 13.8 Å². The van der Waals surface area contributed by atoms with Crippen molar-refractivity contribution in [3.63, 3.8) is 0 Å². The van der Waals surface area contributed by atoms with Crippen molar-refractivity contribution >= 4 is 24.3 Å². The molecule has 0 saturated carbocycles. The molecule has 0 fully saturated rings. The molecular formula is C22H18N2. The van der Waals surface area contributed by atoms with Crippen molar-refractivity contribution in [2.45, 2.75) is 13.8 Å². The van der Waals surface area contributed by atoms with E-state index in [0.29, 0.717) is 11.3 Å². The van der Waals surface area contributed by atoms with Gasteiger partial charge in [-0.25, -0.2) is 4.85 Å². The Labute approximate surface area is 143 Å². The summed E-state index contributed by atoms with van der Waals surface area (Å²) in [5, 5.41) is 8.80. The first-order chi connectivity index (χ1) is 11.6. The van der Waals surface area contributed by atoms with Gasteiger partial charge in [-0.05, 0) is 42.2 Å². The Balaban J connectivity index is 2.08. The van der Waals surface area contributed by atoms with Gasteiger partial charge in [0.2, 0.25) is 0 Å². The first-order valence-electron chi connectivity index (χ1n) is 7.63. The molecule has 0 aliphatic rings. The molecule has 0 unspecified atom stereocenters. The van der Waals surface area contributed by atoms with Crippen LogP contribution in [0.1, 0.15) is 36.1 Å². The van der Waals surface area contributed by atoms with E-state index in [9.17, 15) is 0 Å². The molecule has 0 heterocycles. The van der Waals surface area contributed by atoms with E-state index >= 15 is 0 Å². The van der Waals surface area contributed by atoms with Crippen LogP contribution < -0.4 is 0 Å². The lowest BCUT2D eigenvalue weighted by Crippen LogP contribution is -1.78. The van der Waals surface area contributed by atoms with Crippen molar-refractivity contribution in [2.75, 3.05) is 0 Å². The zero-order valence-electron chi connectivity index (χ0n) is 13.8. The van der Waals surface area contributed by atoms with Crippen LogP contribution in [0.3, 0.4) is 0 Å². The third-order valence-corrected chi connectivity index (χ3v) is 3.45. The third-order valence-electron chi connectivity index (χ3n) is 3.45. The van der Waals surface area contributed by atoms with Gasteiger partial charge < -0.3 is 0 Å². The van der Waals surface area contributed by atoms with Crippen LogP contribution in [0.25, 0.3) is 29.1 Å². The van der Waals surface area contributed by atoms with Crippen molar-refractivity contribution < 1.29 is 0 Å². The normalized spacial score (nSPS) is 12.0. The molecule has 0 atom stereocenters. The van der Waals surface area contributed by atoms with Crippen molar-refractivity contribution in [3.05, 3.63) is 93.5 Å². The van der Waals surface area contributed by atoms with Gasteiger partial charge in [0.15, 0.2) is 5.70 Å². The number of hydrogen-bond acceptors (Lipinski definition) is 1. The molecule has 0 N–H and O–H groups in total. The van der Waals surface area contributed by atoms with Crippen LogP contribution in [0.5, 0.6) is 0 Å². The second-order valence-electron chi connectivity index (χ2n) is 5.50. The average Bonchev–Trinajstić information content (AvgIpc) is 2.62. The van der Waals surface area contributed by atoms with E-state index in [0.717, 1.165) is 22.3 Å². The molecule has 2 aromatic carbocycles. The Bertz CT molecular complexity index is 790. The first kappa shape index (κ1) is 17.0. The van der Waals surface area contributed by atoms with Crippen molar-refractivity contribution in [1.29, 1.82) is 5.26 Å². The summed E-state index contributed by atoms with van der Waals surface area (Å²) in [6.07, 6.45) is 7.85. The maximum Gasteiger partial charge on any atom is 0.163 e. The van der Waals surface area contributed by atoms with Gasteiger partial charge in [-0.3, -0.25) is 0 Å². The summed E-state index contributed by atoms with van der Waals surface area (Å²) in [5.41, 5.74) is 5.65. The lowest BCUT2D eigenvalue weighted by molar-refractivity contribution is 1.46. The van der Waals surface area contributed by atoms with Crippen LogP contribution >= 0.6 is 0 Å². The molecule has 2 heteroatoms. The standard InChI is InChI=1S/C22H18N2/c1-17(16-23)14-21-10-6-19(7-11-21)4-5-20-8-12-22(13-9-20)15-18(2)24-3/h4-15H,1-2H3. The second kappa shape index (κ2) is 8.32. The number of nitrogens with zero attached hydrogens (tertiary/aromatic N) is 2. The van der Waals surface area contributed by atoms with Crippen LogP contribution in [-0.2, 0) is 0 Å². The van der Waals surface area contributed by atoms with Crippen molar-refractivity contribution in [1.82, 2.24) is 0 Å². The molecule has 2 rings (SSSR count). The topological polar surface area (TPSA) is 28.1 Å². The first-order valence-corrected chi connectivity index (χ1v) is 7.63. The number of rotatable bonds is 4. The van der Waals surface area contributed by atoms with Crippen molar-refractivity contribution in [2.24, 2.45) is 0 Å². The summed E-state index contributed by atoms with van der Waals surface area (Å²) in [6, 6.07) is 18.3. The number of allylic oxidation sites excluding steroid dienone is 2. The second-order valence-corrected chi connectivity index (χ2v) is 5.50. The number of benzene rings is 2. The van der Waals surface area contributed by atoms with E-state index in [1.165, 1.54) is 0 Å². The molecule has 0 radical (unpaired) electrons. The Hall–Kier alpha value is -3.36. The molecule has 0 amide bonds. The van der Waals surface area contributed by atoms with E-state index in [2.05, 4.69) is 23.1 Å². The Kier molecular flexibility index (Phi) is 5.89. The van der Waals surface area contributed by atoms with Gasteiger partial charge in [-0.15, -0.1) is 0 Å². The molecule has 2 aromatic rings. The zero-order chi connectivity index (χ0) is 17.4. The van der Waals surface area contributed by atoms with Gasteiger partial charge in [0, 0.05) is 5.57 Å². The predicted octanol–water partition coefficient (Wildman–Crippen LogP) is 6.06. The van der Waals surface area contributed by atoms with Crippen molar-refractivity contribution in [3.8, 4) is 6.07 Å². The fourth-order valence-electron chi connectivity index (χ4n) is 2.15. The molecule has 0 saturated heterocycles. The third kappa shape index (κ3) is 5.13. The van der Waals surface area contributed by atoms with Gasteiger partial charge >= 0.3 is 0 Å². The van der Waals surface area contributed by atoms with Gasteiger partial charge in [0.1, 0.15) is 0 Å². The number of nitriles is 1. The Morgan fingerprint density at radius 3 is 1.67 bits per heavy atom. The molecule has 0 aromatic heterocycles. The van der Waals surface area contributed by atoms with E-state index in [1.807, 2.05) is 60.7 Å². The van der Waals surface area contributed by atoms with Crippen LogP contribution in [0.15, 0.2) is 59.8 Å². The van der Waals surface area contributed by atoms with Gasteiger partial charge in [0.05, 0.1) is 12.6 Å². The Morgan fingerprint density at radius 2 is 1.25 bits per heavy atom. The largest absolute Gasteiger partial charge is 0.243 e. The monoisotopic (exact) mass is 310 g/mol. The summed E-state index contributed by atoms with van der Waals surface area (Å²) in [6.45, 7) is 10.6. The maximum absolute atomic E-state index is 8.80. The highest BCUT2D eigenvalue weighted by Crippen LogP contribution is 2.14. The molecule has 0 bridgehead atoms. The lowest BCUT2D eigenvalue weighted by atomic mass is 10.1. The maximum atomic E-state index is 8.80. The molecule has 0 aliphatic carbocycles. The molecule has 24 heavy (non-hydrogen) atoms. The summed E-state index contributed by atoms with van der Waals surface area (Å²) in [4.78, 5) is 3.39. The highest BCUT2D eigenvalue weighted by Gasteiger charge is 1.93. The van der Waals surface area contributed by atoms with Crippen LogP contribution in [-0.4, -0.2) is 0 Å². The summed E-state index contributed by atoms with van der Waals surface area (Å²) in [7, 11) is 0. The zero-order valence-corrected chi connectivity index (χ0v) is 13.8. The number of hydrogen-bond donors (Lipinski definition) is 0. The minimum Gasteiger partial charge on any atom is -0.243 e. The van der Waals surface area contributed by atoms with Crippen LogP contribution in [0.2, 0.25) is 0 Å². The highest BCUT2D eigenvalue weighted by atomic mass is 14.6. The van der Waals surface area contributed by atoms with Gasteiger partial charge in [-0.1, -0.05) is 66.8 Å². The van der Waals surface area contributed by atoms with Crippen LogP contribution in [0.4, 0.5) is 0 Å². The van der Waals surface area contributed by atoms with E-state index < -0.39 is 0 Å². The SMILES string of the molecule is [C-]#[N+]C(C)=Cc1ccc(C=Cc2ccc(C=C(C)C#N)cc2)cc1. The summed E-state index contributed by atoms with van der Waals surface area (Å²) < 4.78 is 0.